The number of nitrogens with two attached hydrogens (primary N) is 1. The Morgan fingerprint density at radius 3 is 2.58 bits per heavy atom. The number of anilines is 1. The molecule has 4 heterocycles. The van der Waals surface area contributed by atoms with E-state index in [2.05, 4.69) is 25.0 Å². The molecule has 33 heavy (non-hydrogen) atoms. The van der Waals surface area contributed by atoms with Gasteiger partial charge in [-0.2, -0.15) is 4.52 Å². The van der Waals surface area contributed by atoms with Gasteiger partial charge in [-0.15, -0.1) is 5.10 Å². The summed E-state index contributed by atoms with van der Waals surface area (Å²) in [7, 11) is 0. The van der Waals surface area contributed by atoms with E-state index in [-0.39, 0.29) is 23.5 Å². The predicted molar refractivity (Wildman–Crippen MR) is 119 cm³/mol. The number of aromatic nitrogens is 6. The Hall–Kier alpha value is -4.47. The highest BCUT2D eigenvalue weighted by Crippen LogP contribution is 2.34. The first-order valence-electron chi connectivity index (χ1n) is 10.0. The number of halogens is 2. The number of aromatic amines is 1. The van der Waals surface area contributed by atoms with Crippen LogP contribution in [0.5, 0.6) is 0 Å². The topological polar surface area (TPSA) is 115 Å². The molecule has 0 fully saturated rings. The number of hydrogen-bond acceptors (Lipinski definition) is 6. The smallest absolute Gasteiger partial charge is 0.263 e. The molecule has 0 aliphatic heterocycles. The van der Waals surface area contributed by atoms with Gasteiger partial charge >= 0.3 is 0 Å². The molecule has 0 radical (unpaired) electrons. The second-order valence-corrected chi connectivity index (χ2v) is 7.32. The van der Waals surface area contributed by atoms with Gasteiger partial charge < -0.3 is 10.7 Å². The van der Waals surface area contributed by atoms with Gasteiger partial charge in [-0.1, -0.05) is 30.3 Å². The van der Waals surface area contributed by atoms with Crippen molar-refractivity contribution in [2.24, 2.45) is 0 Å². The van der Waals surface area contributed by atoms with Crippen molar-refractivity contribution in [1.82, 2.24) is 29.5 Å². The monoisotopic (exact) mass is 445 g/mol. The van der Waals surface area contributed by atoms with Gasteiger partial charge in [-0.3, -0.25) is 9.78 Å². The minimum Gasteiger partial charge on any atom is -0.368 e. The molecule has 0 bridgehead atoms. The third-order valence-electron chi connectivity index (χ3n) is 5.11. The summed E-state index contributed by atoms with van der Waals surface area (Å²) in [5.74, 6) is 0.461. The Morgan fingerprint density at radius 1 is 1.03 bits per heavy atom. The average Bonchev–Trinajstić information content (AvgIpc) is 3.24. The Bertz CT molecular complexity index is 1490. The van der Waals surface area contributed by atoms with Gasteiger partial charge in [0, 0.05) is 40.8 Å². The van der Waals surface area contributed by atoms with Gasteiger partial charge in [-0.25, -0.2) is 18.7 Å². The van der Waals surface area contributed by atoms with Crippen LogP contribution in [0.25, 0.3) is 28.0 Å². The molecule has 0 aliphatic carbocycles. The molecular formula is C23H17F2N7O. The first-order valence-corrected chi connectivity index (χ1v) is 10.0. The van der Waals surface area contributed by atoms with Crippen LogP contribution in [0.4, 0.5) is 14.7 Å². The van der Waals surface area contributed by atoms with E-state index in [1.54, 1.807) is 12.3 Å². The zero-order valence-electron chi connectivity index (χ0n) is 17.1. The fraction of sp³-hybridized carbons (Fsp3) is 0.0870. The maximum atomic E-state index is 13.1. The third kappa shape index (κ3) is 3.93. The van der Waals surface area contributed by atoms with Crippen LogP contribution in [0.3, 0.4) is 0 Å². The zero-order valence-corrected chi connectivity index (χ0v) is 17.1. The number of nitrogens with zero attached hydrogens (tertiary/aromatic N) is 5. The number of alkyl halides is 2. The Labute approximate surface area is 185 Å². The Balaban J connectivity index is 1.70. The first-order chi connectivity index (χ1) is 16.0. The maximum absolute atomic E-state index is 13.1. The normalized spacial score (nSPS) is 11.4. The highest BCUT2D eigenvalue weighted by molar-refractivity contribution is 5.90. The summed E-state index contributed by atoms with van der Waals surface area (Å²) in [5.41, 5.74) is 9.36. The summed E-state index contributed by atoms with van der Waals surface area (Å²) >= 11 is 0. The molecular weight excluding hydrogens is 428 g/mol. The van der Waals surface area contributed by atoms with Gasteiger partial charge in [0.05, 0.1) is 17.7 Å². The molecule has 4 aromatic heterocycles. The molecule has 3 N–H and O–H groups in total. The minimum absolute atomic E-state index is 0.116. The van der Waals surface area contributed by atoms with Crippen LogP contribution in [0.2, 0.25) is 0 Å². The van der Waals surface area contributed by atoms with Crippen LogP contribution in [-0.4, -0.2) is 29.5 Å². The number of nitrogen functional groups attached to an aromatic ring is 1. The van der Waals surface area contributed by atoms with Crippen LogP contribution in [-0.2, 0) is 6.42 Å². The molecule has 5 aromatic rings. The van der Waals surface area contributed by atoms with Crippen molar-refractivity contribution in [2.75, 3.05) is 5.73 Å². The van der Waals surface area contributed by atoms with Crippen LogP contribution in [0.15, 0.2) is 71.8 Å². The summed E-state index contributed by atoms with van der Waals surface area (Å²) in [6.07, 6.45) is 0.444. The van der Waals surface area contributed by atoms with Gasteiger partial charge in [-0.05, 0) is 18.2 Å². The molecule has 8 nitrogen and oxygen atoms in total. The molecule has 0 amide bonds. The van der Waals surface area contributed by atoms with Crippen molar-refractivity contribution >= 4 is 11.6 Å². The van der Waals surface area contributed by atoms with Crippen LogP contribution in [0.1, 0.15) is 23.5 Å². The molecule has 5 rings (SSSR count). The molecule has 10 heteroatoms. The van der Waals surface area contributed by atoms with Crippen molar-refractivity contribution in [3.05, 3.63) is 94.4 Å². The first kappa shape index (κ1) is 20.4. The van der Waals surface area contributed by atoms with Gasteiger partial charge in [0.25, 0.3) is 6.43 Å². The molecule has 164 valence electrons. The molecule has 1 aromatic carbocycles. The summed E-state index contributed by atoms with van der Waals surface area (Å²) < 4.78 is 27.5. The van der Waals surface area contributed by atoms with Crippen molar-refractivity contribution in [1.29, 1.82) is 0 Å². The fourth-order valence-electron chi connectivity index (χ4n) is 3.60. The van der Waals surface area contributed by atoms with E-state index in [9.17, 15) is 13.6 Å². The predicted octanol–water partition coefficient (Wildman–Crippen LogP) is 3.65. The standard InChI is InChI=1S/C23H17F2N7O/c24-21(25)14-8-9-27-16(10-14)11-17-29-22-19(15-6-7-18(33)28-12-15)20(13-4-2-1-3-5-13)30-23(26)32(22)31-17/h1-10,12,21H,11H2,(H2,26,30)(H,28,33). The summed E-state index contributed by atoms with van der Waals surface area (Å²) in [5, 5.41) is 4.44. The number of H-pyrrole nitrogens is 1. The molecule has 0 aliphatic rings. The maximum Gasteiger partial charge on any atom is 0.263 e. The lowest BCUT2D eigenvalue weighted by Crippen LogP contribution is -2.07. The van der Waals surface area contributed by atoms with E-state index in [1.165, 1.54) is 28.9 Å². The van der Waals surface area contributed by atoms with Gasteiger partial charge in [0.2, 0.25) is 11.5 Å². The van der Waals surface area contributed by atoms with Crippen LogP contribution < -0.4 is 11.3 Å². The largest absolute Gasteiger partial charge is 0.368 e. The summed E-state index contributed by atoms with van der Waals surface area (Å²) in [6.45, 7) is 0. The van der Waals surface area contributed by atoms with Gasteiger partial charge in [0.1, 0.15) is 0 Å². The molecule has 0 saturated carbocycles. The summed E-state index contributed by atoms with van der Waals surface area (Å²) in [4.78, 5) is 27.6. The highest BCUT2D eigenvalue weighted by atomic mass is 19.3. The molecule has 0 unspecified atom stereocenters. The number of pyridine rings is 2. The van der Waals surface area contributed by atoms with Crippen molar-refractivity contribution < 1.29 is 8.78 Å². The van der Waals surface area contributed by atoms with E-state index in [0.717, 1.165) is 5.56 Å². The lowest BCUT2D eigenvalue weighted by atomic mass is 10.0. The Kier molecular flexibility index (Phi) is 5.09. The zero-order chi connectivity index (χ0) is 22.9. The molecule has 0 saturated heterocycles. The number of benzene rings is 1. The number of hydrogen-bond donors (Lipinski definition) is 2. The number of nitrogens with one attached hydrogen (secondary N) is 1. The SMILES string of the molecule is Nc1nc(-c2ccccc2)c(-c2ccc(=O)[nH]c2)c2nc(Cc3cc(C(F)F)ccn3)nn12. The summed E-state index contributed by atoms with van der Waals surface area (Å²) in [6, 6.07) is 15.1. The quantitative estimate of drug-likeness (QED) is 0.427. The van der Waals surface area contributed by atoms with Crippen LogP contribution >= 0.6 is 0 Å². The van der Waals surface area contributed by atoms with Crippen molar-refractivity contribution in [3.63, 3.8) is 0 Å². The van der Waals surface area contributed by atoms with E-state index in [0.29, 0.717) is 34.0 Å². The van der Waals surface area contributed by atoms with Crippen LogP contribution in [0, 0.1) is 0 Å². The average molecular weight is 445 g/mol. The molecule has 0 atom stereocenters. The Morgan fingerprint density at radius 2 is 1.85 bits per heavy atom. The number of rotatable bonds is 5. The third-order valence-corrected chi connectivity index (χ3v) is 5.11. The fourth-order valence-corrected chi connectivity index (χ4v) is 3.60. The lowest BCUT2D eigenvalue weighted by molar-refractivity contribution is 0.151. The lowest BCUT2D eigenvalue weighted by Gasteiger charge is -2.11. The van der Waals surface area contributed by atoms with Gasteiger partial charge in [0.15, 0.2) is 11.5 Å². The second kappa shape index (κ2) is 8.23. The second-order valence-electron chi connectivity index (χ2n) is 7.32. The number of fused-ring (bicyclic) bond motifs is 1. The van der Waals surface area contributed by atoms with E-state index < -0.39 is 6.43 Å². The molecule has 0 spiro atoms. The van der Waals surface area contributed by atoms with Crippen molar-refractivity contribution in [2.45, 2.75) is 12.8 Å². The van der Waals surface area contributed by atoms with Crippen molar-refractivity contribution in [3.8, 4) is 22.4 Å². The van der Waals surface area contributed by atoms with E-state index >= 15 is 0 Å². The minimum atomic E-state index is -2.60. The highest BCUT2D eigenvalue weighted by Gasteiger charge is 2.20. The van der Waals surface area contributed by atoms with E-state index in [1.807, 2.05) is 30.3 Å². The van der Waals surface area contributed by atoms with E-state index in [4.69, 9.17) is 5.73 Å².